The quantitative estimate of drug-likeness (QED) is 0.208. The zero-order chi connectivity index (χ0) is 29.6. The van der Waals surface area contributed by atoms with E-state index in [2.05, 4.69) is 57.3 Å². The number of fused-ring (bicyclic) bond motifs is 1. The highest BCUT2D eigenvalue weighted by Crippen LogP contribution is 2.33. The van der Waals surface area contributed by atoms with Crippen molar-refractivity contribution in [3.05, 3.63) is 72.4 Å². The summed E-state index contributed by atoms with van der Waals surface area (Å²) in [6.07, 6.45) is 0.154. The predicted octanol–water partition coefficient (Wildman–Crippen LogP) is 6.01. The third-order valence-electron chi connectivity index (χ3n) is 6.63. The Labute approximate surface area is 238 Å². The van der Waals surface area contributed by atoms with E-state index in [4.69, 9.17) is 14.9 Å². The lowest BCUT2D eigenvalue weighted by atomic mass is 9.96. The molecule has 1 aliphatic heterocycles. The number of benzene rings is 2. The number of likely N-dealkylation sites (tertiary alicyclic amines) is 1. The molecule has 0 radical (unpaired) electrons. The van der Waals surface area contributed by atoms with Crippen molar-refractivity contribution >= 4 is 34.7 Å². The Hall–Kier alpha value is -4.03. The summed E-state index contributed by atoms with van der Waals surface area (Å²) in [5, 5.41) is 18.0. The van der Waals surface area contributed by atoms with E-state index in [1.165, 1.54) is 17.3 Å². The van der Waals surface area contributed by atoms with Gasteiger partial charge in [-0.05, 0) is 49.4 Å². The van der Waals surface area contributed by atoms with Crippen LogP contribution in [0.25, 0.3) is 33.4 Å². The average molecular weight is 585 g/mol. The smallest absolute Gasteiger partial charge is 0.481 e. The maximum absolute atomic E-state index is 11.2. The number of aliphatic carboxylic acids is 2. The molecule has 4 aromatic rings. The fourth-order valence-corrected chi connectivity index (χ4v) is 4.80. The van der Waals surface area contributed by atoms with Gasteiger partial charge in [0.05, 0.1) is 11.6 Å². The fraction of sp³-hybridized carbons (Fsp3) is 0.276. The van der Waals surface area contributed by atoms with Crippen LogP contribution in [0.4, 0.5) is 13.2 Å². The molecule has 2 aromatic carbocycles. The van der Waals surface area contributed by atoms with E-state index in [0.717, 1.165) is 60.2 Å². The number of carboxylic acid groups (broad SMARTS) is 2. The molecule has 0 saturated carbocycles. The summed E-state index contributed by atoms with van der Waals surface area (Å²) in [5.41, 5.74) is 6.01. The van der Waals surface area contributed by atoms with Gasteiger partial charge in [-0.1, -0.05) is 66.4 Å². The summed E-state index contributed by atoms with van der Waals surface area (Å²) in [5.74, 6) is -3.63. The molecule has 2 N–H and O–H groups in total. The molecule has 0 amide bonds. The molecule has 1 aliphatic rings. The van der Waals surface area contributed by atoms with E-state index < -0.39 is 18.1 Å². The lowest BCUT2D eigenvalue weighted by Gasteiger charge is -2.30. The van der Waals surface area contributed by atoms with Gasteiger partial charge in [-0.15, -0.1) is 0 Å². The monoisotopic (exact) mass is 584 g/mol. The van der Waals surface area contributed by atoms with Crippen LogP contribution >= 0.6 is 11.8 Å². The summed E-state index contributed by atoms with van der Waals surface area (Å²) in [6.45, 7) is 2.47. The molecule has 2 aromatic heterocycles. The Bertz CT molecular complexity index is 1510. The van der Waals surface area contributed by atoms with Gasteiger partial charge in [0, 0.05) is 29.3 Å². The van der Waals surface area contributed by atoms with Crippen molar-refractivity contribution < 1.29 is 33.0 Å². The topological polar surface area (TPSA) is 117 Å². The van der Waals surface area contributed by atoms with Crippen LogP contribution in [-0.2, 0) is 16.1 Å². The first kappa shape index (κ1) is 29.9. The zero-order valence-corrected chi connectivity index (χ0v) is 22.8. The minimum absolute atomic E-state index is 0.204. The van der Waals surface area contributed by atoms with Crippen molar-refractivity contribution in [2.75, 3.05) is 19.3 Å². The molecule has 12 heteroatoms. The number of alkyl halides is 3. The molecule has 0 unspecified atom stereocenters. The zero-order valence-electron chi connectivity index (χ0n) is 22.0. The largest absolute Gasteiger partial charge is 0.490 e. The van der Waals surface area contributed by atoms with E-state index in [1.54, 1.807) is 0 Å². The molecule has 0 aliphatic carbocycles. The fourth-order valence-electron chi connectivity index (χ4n) is 4.47. The number of piperidine rings is 1. The molecular formula is C29H27F3N4O4S. The van der Waals surface area contributed by atoms with Gasteiger partial charge in [-0.25, -0.2) is 19.7 Å². The van der Waals surface area contributed by atoms with E-state index in [0.29, 0.717) is 10.8 Å². The standard InChI is InChI=1S/C27H26N4O2S.C2HF3O2/c1-34-27-28-16-22-15-23(19-5-3-2-4-6-19)24(29-25(22)30-27)20-9-7-18(8-10-20)17-31-13-11-21(12-14-31)26(32)33;3-2(4,5)1(6)7/h2-10,15-16,21H,11-14,17H2,1H3,(H,32,33);(H,6,7). The highest BCUT2D eigenvalue weighted by Gasteiger charge is 2.38. The van der Waals surface area contributed by atoms with E-state index >= 15 is 0 Å². The SMILES string of the molecule is CSc1ncc2cc(-c3ccccc3)c(-c3ccc(CN4CCC(C(=O)O)CC4)cc3)nc2n1.O=C(O)C(F)(F)F. The van der Waals surface area contributed by atoms with E-state index in [9.17, 15) is 23.1 Å². The maximum Gasteiger partial charge on any atom is 0.490 e. The van der Waals surface area contributed by atoms with Gasteiger partial charge in [0.1, 0.15) is 0 Å². The van der Waals surface area contributed by atoms with Gasteiger partial charge < -0.3 is 10.2 Å². The van der Waals surface area contributed by atoms with Crippen molar-refractivity contribution in [3.8, 4) is 22.4 Å². The van der Waals surface area contributed by atoms with Gasteiger partial charge in [0.2, 0.25) is 0 Å². The summed E-state index contributed by atoms with van der Waals surface area (Å²) < 4.78 is 31.7. The number of aromatic nitrogens is 3. The van der Waals surface area contributed by atoms with Gasteiger partial charge in [-0.3, -0.25) is 9.69 Å². The maximum atomic E-state index is 11.2. The van der Waals surface area contributed by atoms with E-state index in [-0.39, 0.29) is 5.92 Å². The van der Waals surface area contributed by atoms with Gasteiger partial charge in [0.25, 0.3) is 0 Å². The Balaban J connectivity index is 0.000000493. The molecule has 0 atom stereocenters. The Kier molecular flexibility index (Phi) is 9.56. The summed E-state index contributed by atoms with van der Waals surface area (Å²) in [4.78, 5) is 36.4. The van der Waals surface area contributed by atoms with E-state index in [1.807, 2.05) is 30.7 Å². The van der Waals surface area contributed by atoms with Crippen molar-refractivity contribution in [1.82, 2.24) is 19.9 Å². The molecule has 214 valence electrons. The molecule has 3 heterocycles. The molecule has 8 nitrogen and oxygen atoms in total. The Morgan fingerprint density at radius 2 is 1.61 bits per heavy atom. The number of carbonyl (C=O) groups is 2. The Morgan fingerprint density at radius 1 is 0.976 bits per heavy atom. The first-order chi connectivity index (χ1) is 19.5. The molecule has 1 saturated heterocycles. The summed E-state index contributed by atoms with van der Waals surface area (Å²) >= 11 is 1.51. The normalized spacial score (nSPS) is 14.3. The lowest BCUT2D eigenvalue weighted by Crippen LogP contribution is -2.35. The highest BCUT2D eigenvalue weighted by atomic mass is 32.2. The van der Waals surface area contributed by atoms with Crippen LogP contribution in [0.5, 0.6) is 0 Å². The van der Waals surface area contributed by atoms with Crippen LogP contribution < -0.4 is 0 Å². The minimum Gasteiger partial charge on any atom is -0.481 e. The highest BCUT2D eigenvalue weighted by molar-refractivity contribution is 7.98. The third kappa shape index (κ3) is 7.80. The predicted molar refractivity (Wildman–Crippen MR) is 149 cm³/mol. The number of hydrogen-bond donors (Lipinski definition) is 2. The number of hydrogen-bond acceptors (Lipinski definition) is 7. The van der Waals surface area contributed by atoms with Gasteiger partial charge in [-0.2, -0.15) is 13.2 Å². The van der Waals surface area contributed by atoms with Crippen molar-refractivity contribution in [3.63, 3.8) is 0 Å². The van der Waals surface area contributed by atoms with Crippen LogP contribution in [0.2, 0.25) is 0 Å². The molecular weight excluding hydrogens is 557 g/mol. The van der Waals surface area contributed by atoms with Crippen molar-refractivity contribution in [2.24, 2.45) is 5.92 Å². The van der Waals surface area contributed by atoms with Crippen LogP contribution in [-0.4, -0.2) is 67.5 Å². The number of pyridine rings is 1. The second kappa shape index (κ2) is 13.1. The van der Waals surface area contributed by atoms with Crippen LogP contribution in [0, 0.1) is 5.92 Å². The van der Waals surface area contributed by atoms with Gasteiger partial charge in [0.15, 0.2) is 10.8 Å². The third-order valence-corrected chi connectivity index (χ3v) is 7.19. The van der Waals surface area contributed by atoms with Gasteiger partial charge >= 0.3 is 18.1 Å². The molecule has 41 heavy (non-hydrogen) atoms. The first-order valence-electron chi connectivity index (χ1n) is 12.7. The first-order valence-corrected chi connectivity index (χ1v) is 13.9. The second-order valence-electron chi connectivity index (χ2n) is 9.41. The number of thioether (sulfide) groups is 1. The summed E-state index contributed by atoms with van der Waals surface area (Å²) in [7, 11) is 0. The van der Waals surface area contributed by atoms with Crippen LogP contribution in [0.3, 0.4) is 0 Å². The molecule has 5 rings (SSSR count). The number of rotatable bonds is 6. The minimum atomic E-state index is -5.08. The molecule has 0 spiro atoms. The lowest BCUT2D eigenvalue weighted by molar-refractivity contribution is -0.192. The number of carboxylic acids is 2. The molecule has 0 bridgehead atoms. The molecule has 1 fully saturated rings. The van der Waals surface area contributed by atoms with Crippen LogP contribution in [0.1, 0.15) is 18.4 Å². The number of nitrogens with zero attached hydrogens (tertiary/aromatic N) is 4. The van der Waals surface area contributed by atoms with Crippen molar-refractivity contribution in [1.29, 1.82) is 0 Å². The number of halogens is 3. The van der Waals surface area contributed by atoms with Crippen LogP contribution in [0.15, 0.2) is 72.0 Å². The van der Waals surface area contributed by atoms with Crippen molar-refractivity contribution in [2.45, 2.75) is 30.7 Å². The average Bonchev–Trinajstić information content (AvgIpc) is 2.97. The Morgan fingerprint density at radius 3 is 2.17 bits per heavy atom. The second-order valence-corrected chi connectivity index (χ2v) is 10.2. The summed E-state index contributed by atoms with van der Waals surface area (Å²) in [6, 6.07) is 20.9.